The molecule has 0 aromatic carbocycles. The molecule has 0 saturated heterocycles. The molecule has 1 rings (SSSR count). The Bertz CT molecular complexity index is 263. The average molecular weight is 206 g/mol. The molecule has 2 atom stereocenters. The van der Waals surface area contributed by atoms with Crippen LogP contribution in [0.2, 0.25) is 0 Å². The molecule has 1 heteroatoms. The van der Waals surface area contributed by atoms with E-state index in [2.05, 4.69) is 26.5 Å². The second-order valence-corrected chi connectivity index (χ2v) is 4.74. The van der Waals surface area contributed by atoms with Gasteiger partial charge in [-0.3, -0.25) is 4.79 Å². The van der Waals surface area contributed by atoms with Crippen LogP contribution in [0.25, 0.3) is 0 Å². The van der Waals surface area contributed by atoms with Crippen molar-refractivity contribution >= 4 is 6.29 Å². The zero-order valence-corrected chi connectivity index (χ0v) is 9.96. The van der Waals surface area contributed by atoms with Crippen molar-refractivity contribution in [1.29, 1.82) is 0 Å². The van der Waals surface area contributed by atoms with Gasteiger partial charge < -0.3 is 0 Å². The van der Waals surface area contributed by atoms with Crippen LogP contribution in [0.5, 0.6) is 0 Å². The zero-order chi connectivity index (χ0) is 11.3. The summed E-state index contributed by atoms with van der Waals surface area (Å²) < 4.78 is 0. The Hall–Kier alpha value is -0.850. The summed E-state index contributed by atoms with van der Waals surface area (Å²) >= 11 is 0. The van der Waals surface area contributed by atoms with Crippen LogP contribution >= 0.6 is 0 Å². The normalized spacial score (nSPS) is 23.1. The zero-order valence-electron chi connectivity index (χ0n) is 9.96. The first kappa shape index (κ1) is 12.2. The Balaban J connectivity index is 2.39. The summed E-state index contributed by atoms with van der Waals surface area (Å²) in [6.07, 6.45) is 9.38. The highest BCUT2D eigenvalue weighted by molar-refractivity contribution is 5.72. The molecule has 0 bridgehead atoms. The number of hydrogen-bond acceptors (Lipinski definition) is 1. The predicted octanol–water partition coefficient (Wildman–Crippen LogP) is 3.90. The molecule has 0 fully saturated rings. The van der Waals surface area contributed by atoms with E-state index in [-0.39, 0.29) is 0 Å². The van der Waals surface area contributed by atoms with E-state index in [4.69, 9.17) is 0 Å². The summed E-state index contributed by atoms with van der Waals surface area (Å²) in [4.78, 5) is 10.5. The fraction of sp³-hybridized carbons (Fsp3) is 0.643. The predicted molar refractivity (Wildman–Crippen MR) is 64.7 cm³/mol. The summed E-state index contributed by atoms with van der Waals surface area (Å²) in [5.41, 5.74) is 2.32. The van der Waals surface area contributed by atoms with Crippen LogP contribution in [0.3, 0.4) is 0 Å². The standard InChI is InChI=1S/C14H22O/c1-11(13(3)10-15)8-9-14-7-5-4-6-12(14)2/h7,10-12H,3-6,8-9H2,1-2H3. The molecular formula is C14H22O. The first-order valence-corrected chi connectivity index (χ1v) is 5.98. The van der Waals surface area contributed by atoms with E-state index in [0.29, 0.717) is 5.92 Å². The van der Waals surface area contributed by atoms with Crippen molar-refractivity contribution in [1.82, 2.24) is 0 Å². The minimum atomic E-state index is 0.331. The van der Waals surface area contributed by atoms with Gasteiger partial charge in [-0.25, -0.2) is 0 Å². The van der Waals surface area contributed by atoms with Crippen molar-refractivity contribution in [3.63, 3.8) is 0 Å². The molecular weight excluding hydrogens is 184 g/mol. The van der Waals surface area contributed by atoms with Gasteiger partial charge in [-0.05, 0) is 49.5 Å². The lowest BCUT2D eigenvalue weighted by atomic mass is 9.84. The molecule has 0 amide bonds. The summed E-state index contributed by atoms with van der Waals surface area (Å²) in [6.45, 7) is 8.17. The third-order valence-electron chi connectivity index (χ3n) is 3.53. The van der Waals surface area contributed by atoms with Gasteiger partial charge in [0.1, 0.15) is 6.29 Å². The molecule has 0 radical (unpaired) electrons. The van der Waals surface area contributed by atoms with Gasteiger partial charge in [-0.15, -0.1) is 0 Å². The molecule has 2 unspecified atom stereocenters. The highest BCUT2D eigenvalue weighted by atomic mass is 16.1. The van der Waals surface area contributed by atoms with E-state index in [1.54, 1.807) is 5.57 Å². The second kappa shape index (κ2) is 5.89. The monoisotopic (exact) mass is 206 g/mol. The molecule has 0 spiro atoms. The third kappa shape index (κ3) is 3.65. The van der Waals surface area contributed by atoms with Gasteiger partial charge in [0.2, 0.25) is 0 Å². The Morgan fingerprint density at radius 1 is 1.73 bits per heavy atom. The van der Waals surface area contributed by atoms with Crippen LogP contribution in [-0.4, -0.2) is 6.29 Å². The van der Waals surface area contributed by atoms with Crippen molar-refractivity contribution in [2.75, 3.05) is 0 Å². The lowest BCUT2D eigenvalue weighted by Crippen LogP contribution is -2.07. The van der Waals surface area contributed by atoms with Crippen molar-refractivity contribution in [2.24, 2.45) is 11.8 Å². The van der Waals surface area contributed by atoms with Gasteiger partial charge in [0, 0.05) is 0 Å². The summed E-state index contributed by atoms with van der Waals surface area (Å²) in [6, 6.07) is 0. The number of carbonyl (C=O) groups excluding carboxylic acids is 1. The topological polar surface area (TPSA) is 17.1 Å². The van der Waals surface area contributed by atoms with E-state index in [9.17, 15) is 4.79 Å². The maximum atomic E-state index is 10.5. The number of rotatable bonds is 5. The minimum Gasteiger partial charge on any atom is -0.298 e. The SMILES string of the molecule is C=C(C=O)C(C)CCC1=CCCCC1C. The van der Waals surface area contributed by atoms with Gasteiger partial charge in [0.25, 0.3) is 0 Å². The molecule has 0 N–H and O–H groups in total. The molecule has 0 heterocycles. The molecule has 0 saturated carbocycles. The van der Waals surface area contributed by atoms with Crippen LogP contribution in [0, 0.1) is 11.8 Å². The van der Waals surface area contributed by atoms with Gasteiger partial charge in [-0.2, -0.15) is 0 Å². The van der Waals surface area contributed by atoms with E-state index >= 15 is 0 Å². The van der Waals surface area contributed by atoms with Crippen molar-refractivity contribution in [2.45, 2.75) is 46.0 Å². The van der Waals surface area contributed by atoms with Crippen LogP contribution in [0.15, 0.2) is 23.8 Å². The van der Waals surface area contributed by atoms with Gasteiger partial charge in [-0.1, -0.05) is 32.1 Å². The van der Waals surface area contributed by atoms with E-state index in [0.717, 1.165) is 30.6 Å². The first-order valence-electron chi connectivity index (χ1n) is 5.98. The summed E-state index contributed by atoms with van der Waals surface area (Å²) in [5.74, 6) is 1.08. The first-order chi connectivity index (χ1) is 7.15. The van der Waals surface area contributed by atoms with Crippen molar-refractivity contribution in [3.05, 3.63) is 23.8 Å². The number of hydrogen-bond donors (Lipinski definition) is 0. The molecule has 1 aliphatic rings. The average Bonchev–Trinajstić information content (AvgIpc) is 2.26. The second-order valence-electron chi connectivity index (χ2n) is 4.74. The van der Waals surface area contributed by atoms with Gasteiger partial charge in [0.05, 0.1) is 0 Å². The fourth-order valence-corrected chi connectivity index (χ4v) is 2.13. The number of allylic oxidation sites excluding steroid dienone is 3. The Labute approximate surface area is 93.3 Å². The highest BCUT2D eigenvalue weighted by Gasteiger charge is 2.14. The van der Waals surface area contributed by atoms with Crippen LogP contribution in [0.1, 0.15) is 46.0 Å². The largest absolute Gasteiger partial charge is 0.298 e. The highest BCUT2D eigenvalue weighted by Crippen LogP contribution is 2.29. The Kier molecular flexibility index (Phi) is 4.80. The van der Waals surface area contributed by atoms with Gasteiger partial charge >= 0.3 is 0 Å². The van der Waals surface area contributed by atoms with Crippen molar-refractivity contribution in [3.8, 4) is 0 Å². The van der Waals surface area contributed by atoms with E-state index < -0.39 is 0 Å². The molecule has 1 nitrogen and oxygen atoms in total. The molecule has 0 aromatic heterocycles. The third-order valence-corrected chi connectivity index (χ3v) is 3.53. The Morgan fingerprint density at radius 3 is 3.07 bits per heavy atom. The van der Waals surface area contributed by atoms with Gasteiger partial charge in [0.15, 0.2) is 0 Å². The Morgan fingerprint density at radius 2 is 2.47 bits per heavy atom. The van der Waals surface area contributed by atoms with E-state index in [1.165, 1.54) is 19.3 Å². The number of carbonyl (C=O) groups is 1. The molecule has 84 valence electrons. The van der Waals surface area contributed by atoms with E-state index in [1.807, 2.05) is 0 Å². The van der Waals surface area contributed by atoms with Crippen LogP contribution in [0.4, 0.5) is 0 Å². The van der Waals surface area contributed by atoms with Crippen LogP contribution < -0.4 is 0 Å². The molecule has 15 heavy (non-hydrogen) atoms. The molecule has 0 aliphatic heterocycles. The molecule has 1 aliphatic carbocycles. The summed E-state index contributed by atoms with van der Waals surface area (Å²) in [5, 5.41) is 0. The lowest BCUT2D eigenvalue weighted by molar-refractivity contribution is -0.105. The maximum absolute atomic E-state index is 10.5. The van der Waals surface area contributed by atoms with Crippen molar-refractivity contribution < 1.29 is 4.79 Å². The number of aldehydes is 1. The minimum absolute atomic E-state index is 0.331. The quantitative estimate of drug-likeness (QED) is 0.379. The van der Waals surface area contributed by atoms with Crippen LogP contribution in [-0.2, 0) is 4.79 Å². The summed E-state index contributed by atoms with van der Waals surface area (Å²) in [7, 11) is 0. The lowest BCUT2D eigenvalue weighted by Gasteiger charge is -2.21. The molecule has 0 aromatic rings. The fourth-order valence-electron chi connectivity index (χ4n) is 2.13. The maximum Gasteiger partial charge on any atom is 0.145 e. The smallest absolute Gasteiger partial charge is 0.145 e.